The zero-order valence-electron chi connectivity index (χ0n) is 17.4. The average Bonchev–Trinajstić information content (AvgIpc) is 3.03. The molecule has 1 aliphatic heterocycles. The summed E-state index contributed by atoms with van der Waals surface area (Å²) in [6, 6.07) is 3.89. The number of pyridine rings is 2. The number of nitrogens with one attached hydrogen (secondary N) is 1. The lowest BCUT2D eigenvalue weighted by molar-refractivity contribution is 0.102. The van der Waals surface area contributed by atoms with Crippen LogP contribution in [-0.2, 0) is 6.42 Å². The molecule has 0 bridgehead atoms. The van der Waals surface area contributed by atoms with Gasteiger partial charge in [-0.15, -0.1) is 0 Å². The highest BCUT2D eigenvalue weighted by Gasteiger charge is 2.26. The molecule has 8 nitrogen and oxygen atoms in total. The zero-order valence-corrected chi connectivity index (χ0v) is 17.4. The van der Waals surface area contributed by atoms with Crippen molar-refractivity contribution in [2.75, 3.05) is 29.0 Å². The highest BCUT2D eigenvalue weighted by molar-refractivity contribution is 6.15. The molecule has 8 heteroatoms. The van der Waals surface area contributed by atoms with Gasteiger partial charge in [-0.2, -0.15) is 0 Å². The minimum atomic E-state index is -0.370. The van der Waals surface area contributed by atoms with Crippen LogP contribution in [0.25, 0.3) is 11.1 Å². The Labute approximate surface area is 175 Å². The smallest absolute Gasteiger partial charge is 0.263 e. The number of aryl methyl sites for hydroxylation is 1. The van der Waals surface area contributed by atoms with Crippen molar-refractivity contribution in [3.05, 3.63) is 41.9 Å². The lowest BCUT2D eigenvalue weighted by Crippen LogP contribution is -2.46. The van der Waals surface area contributed by atoms with Crippen LogP contribution < -0.4 is 21.7 Å². The van der Waals surface area contributed by atoms with E-state index < -0.39 is 0 Å². The summed E-state index contributed by atoms with van der Waals surface area (Å²) < 4.78 is 5.63. The molecule has 0 radical (unpaired) electrons. The van der Waals surface area contributed by atoms with Crippen LogP contribution in [0.4, 0.5) is 17.3 Å². The normalized spacial score (nSPS) is 19.2. The number of hydrogen-bond donors (Lipinski definition) is 3. The molecule has 158 valence electrons. The van der Waals surface area contributed by atoms with Crippen LogP contribution in [-0.4, -0.2) is 35.0 Å². The Kier molecular flexibility index (Phi) is 5.59. The number of fused-ring (bicyclic) bond motifs is 1. The fourth-order valence-corrected chi connectivity index (χ4v) is 4.22. The molecule has 0 spiro atoms. The number of amides is 1. The summed E-state index contributed by atoms with van der Waals surface area (Å²) in [7, 11) is 0. The fourth-order valence-electron chi connectivity index (χ4n) is 4.22. The van der Waals surface area contributed by atoms with Crippen LogP contribution in [0.5, 0.6) is 0 Å². The maximum absolute atomic E-state index is 13.1. The molecule has 30 heavy (non-hydrogen) atoms. The van der Waals surface area contributed by atoms with E-state index in [-0.39, 0.29) is 23.4 Å². The maximum atomic E-state index is 13.1. The Balaban J connectivity index is 1.63. The highest BCUT2D eigenvalue weighted by atomic mass is 16.3. The SMILES string of the molecule is CCCc1cnc2c(C(=O)Nc3cnccc3N3C[C@H](C)C[C@H](N)C3)c(N)oc2c1. The van der Waals surface area contributed by atoms with Crippen LogP contribution >= 0.6 is 0 Å². The van der Waals surface area contributed by atoms with Gasteiger partial charge in [0.1, 0.15) is 11.1 Å². The number of hydrogen-bond acceptors (Lipinski definition) is 7. The summed E-state index contributed by atoms with van der Waals surface area (Å²) in [6.07, 6.45) is 8.01. The number of carbonyl (C=O) groups is 1. The molecule has 0 saturated carbocycles. The third kappa shape index (κ3) is 3.95. The molecule has 0 aliphatic carbocycles. The maximum Gasteiger partial charge on any atom is 0.263 e. The van der Waals surface area contributed by atoms with Gasteiger partial charge >= 0.3 is 0 Å². The second-order valence-electron chi connectivity index (χ2n) is 8.13. The van der Waals surface area contributed by atoms with Crippen molar-refractivity contribution in [3.8, 4) is 0 Å². The molecule has 5 N–H and O–H groups in total. The third-order valence-electron chi connectivity index (χ3n) is 5.46. The Morgan fingerprint density at radius 3 is 2.97 bits per heavy atom. The van der Waals surface area contributed by atoms with Crippen molar-refractivity contribution in [2.24, 2.45) is 11.7 Å². The van der Waals surface area contributed by atoms with E-state index in [0.29, 0.717) is 22.7 Å². The molecular weight excluding hydrogens is 380 g/mol. The predicted molar refractivity (Wildman–Crippen MR) is 119 cm³/mol. The van der Waals surface area contributed by atoms with Gasteiger partial charge < -0.3 is 26.1 Å². The standard InChI is InChI=1S/C22H28N6O2/c1-3-4-14-8-18-20(26-9-14)19(21(24)30-18)22(29)27-16-10-25-6-5-17(16)28-11-13(2)7-15(23)12-28/h5-6,8-10,13,15H,3-4,7,11-12,23-24H2,1-2H3,(H,27,29)/t13-,15+/m1/s1. The fraction of sp³-hybridized carbons (Fsp3) is 0.409. The van der Waals surface area contributed by atoms with E-state index in [2.05, 4.69) is 34.0 Å². The average molecular weight is 409 g/mol. The number of nitrogens with two attached hydrogens (primary N) is 2. The largest absolute Gasteiger partial charge is 0.438 e. The first-order valence-corrected chi connectivity index (χ1v) is 10.4. The lowest BCUT2D eigenvalue weighted by atomic mass is 9.96. The second kappa shape index (κ2) is 8.31. The molecule has 3 aromatic heterocycles. The summed E-state index contributed by atoms with van der Waals surface area (Å²) >= 11 is 0. The summed E-state index contributed by atoms with van der Waals surface area (Å²) in [5.74, 6) is 0.161. The van der Waals surface area contributed by atoms with E-state index in [1.54, 1.807) is 18.6 Å². The van der Waals surface area contributed by atoms with Gasteiger partial charge in [-0.05, 0) is 36.5 Å². The van der Waals surface area contributed by atoms with Gasteiger partial charge in [0.05, 0.1) is 17.6 Å². The first-order chi connectivity index (χ1) is 14.5. The summed E-state index contributed by atoms with van der Waals surface area (Å²) in [4.78, 5) is 23.9. The summed E-state index contributed by atoms with van der Waals surface area (Å²) in [6.45, 7) is 5.89. The molecule has 0 unspecified atom stereocenters. The van der Waals surface area contributed by atoms with Crippen molar-refractivity contribution in [1.82, 2.24) is 9.97 Å². The van der Waals surface area contributed by atoms with Crippen molar-refractivity contribution in [2.45, 2.75) is 39.2 Å². The van der Waals surface area contributed by atoms with Gasteiger partial charge in [0, 0.05) is 31.5 Å². The Hall–Kier alpha value is -3.13. The quantitative estimate of drug-likeness (QED) is 0.592. The molecule has 3 aromatic rings. The molecule has 1 fully saturated rings. The van der Waals surface area contributed by atoms with Crippen molar-refractivity contribution < 1.29 is 9.21 Å². The van der Waals surface area contributed by atoms with Gasteiger partial charge in [0.15, 0.2) is 5.58 Å². The minimum absolute atomic E-state index is 0.0581. The van der Waals surface area contributed by atoms with E-state index in [0.717, 1.165) is 43.6 Å². The number of rotatable bonds is 5. The third-order valence-corrected chi connectivity index (χ3v) is 5.46. The van der Waals surface area contributed by atoms with Gasteiger partial charge in [0.25, 0.3) is 5.91 Å². The van der Waals surface area contributed by atoms with E-state index in [4.69, 9.17) is 15.9 Å². The number of nitrogens with zero attached hydrogens (tertiary/aromatic N) is 3. The van der Waals surface area contributed by atoms with Gasteiger partial charge in [-0.3, -0.25) is 14.8 Å². The lowest BCUT2D eigenvalue weighted by Gasteiger charge is -2.37. The second-order valence-corrected chi connectivity index (χ2v) is 8.13. The first-order valence-electron chi connectivity index (χ1n) is 10.4. The van der Waals surface area contributed by atoms with E-state index in [1.165, 1.54) is 0 Å². The molecule has 0 aromatic carbocycles. The van der Waals surface area contributed by atoms with Crippen molar-refractivity contribution in [3.63, 3.8) is 0 Å². The van der Waals surface area contributed by atoms with E-state index in [9.17, 15) is 4.79 Å². The minimum Gasteiger partial charge on any atom is -0.438 e. The Morgan fingerprint density at radius 1 is 1.37 bits per heavy atom. The number of anilines is 3. The predicted octanol–water partition coefficient (Wildman–Crippen LogP) is 3.18. The number of aromatic nitrogens is 2. The van der Waals surface area contributed by atoms with Crippen LogP contribution in [0, 0.1) is 5.92 Å². The highest BCUT2D eigenvalue weighted by Crippen LogP contribution is 2.32. The van der Waals surface area contributed by atoms with Crippen molar-refractivity contribution >= 4 is 34.3 Å². The summed E-state index contributed by atoms with van der Waals surface area (Å²) in [5.41, 5.74) is 16.0. The molecule has 1 amide bonds. The summed E-state index contributed by atoms with van der Waals surface area (Å²) in [5, 5.41) is 2.95. The Bertz CT molecular complexity index is 1050. The molecular formula is C22H28N6O2. The molecule has 2 atom stereocenters. The van der Waals surface area contributed by atoms with E-state index >= 15 is 0 Å². The zero-order chi connectivity index (χ0) is 21.3. The molecule has 4 rings (SSSR count). The number of nitrogen functional groups attached to an aromatic ring is 1. The van der Waals surface area contributed by atoms with Crippen molar-refractivity contribution in [1.29, 1.82) is 0 Å². The molecule has 4 heterocycles. The van der Waals surface area contributed by atoms with Crippen LogP contribution in [0.1, 0.15) is 42.6 Å². The first kappa shape index (κ1) is 20.2. The van der Waals surface area contributed by atoms with Crippen LogP contribution in [0.2, 0.25) is 0 Å². The van der Waals surface area contributed by atoms with Gasteiger partial charge in [0.2, 0.25) is 5.88 Å². The number of furan rings is 1. The van der Waals surface area contributed by atoms with Gasteiger partial charge in [-0.1, -0.05) is 20.3 Å². The van der Waals surface area contributed by atoms with E-state index in [1.807, 2.05) is 12.1 Å². The van der Waals surface area contributed by atoms with Crippen LogP contribution in [0.3, 0.4) is 0 Å². The number of piperidine rings is 1. The number of carbonyl (C=O) groups excluding carboxylic acids is 1. The monoisotopic (exact) mass is 408 g/mol. The molecule has 1 aliphatic rings. The molecule has 1 saturated heterocycles. The van der Waals surface area contributed by atoms with Gasteiger partial charge in [-0.25, -0.2) is 0 Å². The topological polar surface area (TPSA) is 123 Å². The Morgan fingerprint density at radius 2 is 2.20 bits per heavy atom. The van der Waals surface area contributed by atoms with Crippen LogP contribution in [0.15, 0.2) is 35.1 Å².